The third kappa shape index (κ3) is 8.90. The van der Waals surface area contributed by atoms with Crippen molar-refractivity contribution in [3.8, 4) is 78.6 Å². The largest absolute Gasteiger partial charge is 0.457 e. The highest BCUT2D eigenvalue weighted by atomic mass is 16.5. The molecule has 16 rings (SSSR count). The predicted molar refractivity (Wildman–Crippen MR) is 387 cm³/mol. The number of anilines is 3. The molecule has 0 atom stereocenters. The lowest BCUT2D eigenvalue weighted by atomic mass is 9.64. The summed E-state index contributed by atoms with van der Waals surface area (Å²) in [6, 6.07) is 98.7. The van der Waals surface area contributed by atoms with Crippen molar-refractivity contribution in [1.29, 1.82) is 0 Å². The van der Waals surface area contributed by atoms with Gasteiger partial charge >= 0.3 is 0 Å². The van der Waals surface area contributed by atoms with Crippen molar-refractivity contribution in [2.75, 3.05) is 4.90 Å². The van der Waals surface area contributed by atoms with Gasteiger partial charge in [-0.25, -0.2) is 0 Å². The molecule has 2 aliphatic heterocycles. The molecule has 0 aromatic heterocycles. The zero-order valence-electron chi connectivity index (χ0n) is 55.6. The molecule has 0 unspecified atom stereocenters. The summed E-state index contributed by atoms with van der Waals surface area (Å²) in [6.07, 6.45) is 0. The minimum absolute atomic E-state index is 0.114. The van der Waals surface area contributed by atoms with Crippen LogP contribution in [0.4, 0.5) is 17.1 Å². The van der Waals surface area contributed by atoms with Gasteiger partial charge in [0.25, 0.3) is 0 Å². The molecule has 0 amide bonds. The Balaban J connectivity index is 0.987. The normalized spacial score (nSPS) is 14.4. The molecule has 0 bridgehead atoms. The molecule has 0 N–H and O–H groups in total. The van der Waals surface area contributed by atoms with E-state index in [4.69, 9.17) is 9.47 Å². The van der Waals surface area contributed by atoms with E-state index >= 15 is 0 Å². The van der Waals surface area contributed by atoms with Gasteiger partial charge in [0.1, 0.15) is 23.0 Å². The molecule has 0 saturated carbocycles. The van der Waals surface area contributed by atoms with Gasteiger partial charge in [-0.2, -0.15) is 0 Å². The van der Waals surface area contributed by atoms with E-state index in [1.165, 1.54) is 89.0 Å². The van der Waals surface area contributed by atoms with Gasteiger partial charge in [0.2, 0.25) is 0 Å². The SMILES string of the molecule is CC(C)(C)c1ccc2c(c1)C1(c3cc(C(C)(C)C)ccc3O2)c2ccccc2-c2ccc(N(c3ccccc3-c3ccc(-c4ccccc4)cc3)c3ccccc3-c3cccc4c3-c3ccccc3C43c4cc(C(C)(C)C)ccc4Oc4ccc(C(C)(C)C)cc43)cc21. The van der Waals surface area contributed by atoms with E-state index in [-0.39, 0.29) is 21.7 Å². The van der Waals surface area contributed by atoms with Crippen LogP contribution in [0.15, 0.2) is 261 Å². The highest BCUT2D eigenvalue weighted by Crippen LogP contribution is 2.67. The second kappa shape index (κ2) is 20.8. The molecule has 12 aromatic rings. The lowest BCUT2D eigenvalue weighted by Gasteiger charge is -2.41. The van der Waals surface area contributed by atoms with Crippen LogP contribution in [0.1, 0.15) is 150 Å². The molecule has 2 spiro atoms. The number of hydrogen-bond donors (Lipinski definition) is 0. The van der Waals surface area contributed by atoms with Gasteiger partial charge in [0.05, 0.1) is 22.2 Å². The quantitative estimate of drug-likeness (QED) is 0.166. The summed E-state index contributed by atoms with van der Waals surface area (Å²) in [6.45, 7) is 27.8. The maximum atomic E-state index is 7.18. The van der Waals surface area contributed by atoms with Crippen LogP contribution in [0.3, 0.4) is 0 Å². The highest BCUT2D eigenvalue weighted by molar-refractivity contribution is 6.02. The molecule has 3 nitrogen and oxygen atoms in total. The second-order valence-corrected chi connectivity index (χ2v) is 30.4. The van der Waals surface area contributed by atoms with Gasteiger partial charge in [-0.1, -0.05) is 271 Å². The molecule has 4 aliphatic rings. The summed E-state index contributed by atoms with van der Waals surface area (Å²) in [5.41, 5.74) is 27.8. The average molecular weight is 1210 g/mol. The standard InChI is InChI=1S/C90H79NO2/c1-85(2,3)59-41-47-80-74(51-59)89(75-52-60(86(4,5)6)42-48-81(75)92-80)71-33-21-17-30-69(71)84-68(31-24-34-72(84)89)67-29-19-23-36-79(67)91(78-35-22-18-27-64(78)58-39-37-57(38-40-58)56-25-14-13-15-26-56)63-45-46-66-65-28-16-20-32-70(65)90(73(66)55-63)76-53-61(87(7,8)9)43-49-82(76)93-83-50-44-62(54-77(83)90)88(10,11)12/h13-55H,1-12H3. The van der Waals surface area contributed by atoms with Crippen molar-refractivity contribution >= 4 is 17.1 Å². The number of nitrogens with zero attached hydrogens (tertiary/aromatic N) is 1. The van der Waals surface area contributed by atoms with E-state index in [0.717, 1.165) is 73.4 Å². The Hall–Kier alpha value is -9.96. The maximum absolute atomic E-state index is 7.18. The summed E-state index contributed by atoms with van der Waals surface area (Å²) in [7, 11) is 0. The Morgan fingerprint density at radius 2 is 0.613 bits per heavy atom. The number of ether oxygens (including phenoxy) is 2. The fourth-order valence-electron chi connectivity index (χ4n) is 15.9. The Morgan fingerprint density at radius 1 is 0.247 bits per heavy atom. The lowest BCUT2D eigenvalue weighted by molar-refractivity contribution is 0.433. The predicted octanol–water partition coefficient (Wildman–Crippen LogP) is 24.3. The average Bonchev–Trinajstić information content (AvgIpc) is 1.57. The first-order valence-corrected chi connectivity index (χ1v) is 33.2. The first kappa shape index (κ1) is 58.1. The van der Waals surface area contributed by atoms with Crippen LogP contribution in [0.2, 0.25) is 0 Å². The van der Waals surface area contributed by atoms with Gasteiger partial charge < -0.3 is 14.4 Å². The molecule has 93 heavy (non-hydrogen) atoms. The van der Waals surface area contributed by atoms with Crippen LogP contribution in [0.5, 0.6) is 23.0 Å². The second-order valence-electron chi connectivity index (χ2n) is 30.4. The monoisotopic (exact) mass is 1210 g/mol. The zero-order valence-corrected chi connectivity index (χ0v) is 55.6. The Kier molecular flexibility index (Phi) is 13.0. The molecular weight excluding hydrogens is 1130 g/mol. The van der Waals surface area contributed by atoms with Crippen LogP contribution in [0, 0.1) is 0 Å². The van der Waals surface area contributed by atoms with Crippen molar-refractivity contribution in [2.45, 2.75) is 116 Å². The smallest absolute Gasteiger partial charge is 0.132 e. The molecule has 0 radical (unpaired) electrons. The third-order valence-electron chi connectivity index (χ3n) is 20.7. The third-order valence-corrected chi connectivity index (χ3v) is 20.7. The number of para-hydroxylation sites is 2. The van der Waals surface area contributed by atoms with Crippen LogP contribution in [-0.2, 0) is 32.5 Å². The van der Waals surface area contributed by atoms with Crippen molar-refractivity contribution in [3.63, 3.8) is 0 Å². The van der Waals surface area contributed by atoms with Crippen LogP contribution in [0.25, 0.3) is 55.6 Å². The van der Waals surface area contributed by atoms with Crippen LogP contribution < -0.4 is 14.4 Å². The van der Waals surface area contributed by atoms with Gasteiger partial charge in [-0.15, -0.1) is 0 Å². The fraction of sp³-hybridized carbons (Fsp3) is 0.200. The summed E-state index contributed by atoms with van der Waals surface area (Å²) in [4.78, 5) is 2.57. The molecule has 456 valence electrons. The lowest BCUT2D eigenvalue weighted by Crippen LogP contribution is -2.33. The Morgan fingerprint density at radius 3 is 1.12 bits per heavy atom. The van der Waals surface area contributed by atoms with Gasteiger partial charge in [0, 0.05) is 39.1 Å². The minimum atomic E-state index is -0.750. The maximum Gasteiger partial charge on any atom is 0.132 e. The number of rotatable bonds is 6. The van der Waals surface area contributed by atoms with Gasteiger partial charge in [-0.05, 0) is 183 Å². The first-order chi connectivity index (χ1) is 44.6. The van der Waals surface area contributed by atoms with E-state index in [2.05, 4.69) is 349 Å². The highest BCUT2D eigenvalue weighted by Gasteiger charge is 2.54. The fourth-order valence-corrected chi connectivity index (χ4v) is 15.9. The number of benzene rings is 12. The van der Waals surface area contributed by atoms with Crippen molar-refractivity contribution < 1.29 is 9.47 Å². The van der Waals surface area contributed by atoms with Crippen molar-refractivity contribution in [1.82, 2.24) is 0 Å². The van der Waals surface area contributed by atoms with E-state index in [0.29, 0.717) is 0 Å². The molecular formula is C90H79NO2. The first-order valence-electron chi connectivity index (χ1n) is 33.2. The summed E-state index contributed by atoms with van der Waals surface area (Å²) < 4.78 is 14.3. The summed E-state index contributed by atoms with van der Waals surface area (Å²) in [5, 5.41) is 0. The molecule has 2 aliphatic carbocycles. The van der Waals surface area contributed by atoms with Gasteiger partial charge in [-0.3, -0.25) is 0 Å². The minimum Gasteiger partial charge on any atom is -0.457 e. The molecule has 2 heterocycles. The van der Waals surface area contributed by atoms with E-state index in [9.17, 15) is 0 Å². The summed E-state index contributed by atoms with van der Waals surface area (Å²) >= 11 is 0. The molecule has 3 heteroatoms. The molecule has 12 aromatic carbocycles. The number of hydrogen-bond acceptors (Lipinski definition) is 3. The summed E-state index contributed by atoms with van der Waals surface area (Å²) in [5.74, 6) is 3.55. The van der Waals surface area contributed by atoms with E-state index in [1.54, 1.807) is 0 Å². The van der Waals surface area contributed by atoms with Crippen molar-refractivity contribution in [3.05, 3.63) is 328 Å². The molecule has 0 fully saturated rings. The van der Waals surface area contributed by atoms with Crippen molar-refractivity contribution in [2.24, 2.45) is 0 Å². The van der Waals surface area contributed by atoms with E-state index < -0.39 is 10.8 Å². The van der Waals surface area contributed by atoms with Crippen LogP contribution >= 0.6 is 0 Å². The number of fused-ring (bicyclic) bond motifs is 18. The van der Waals surface area contributed by atoms with Gasteiger partial charge in [0.15, 0.2) is 0 Å². The molecule has 0 saturated heterocycles. The zero-order chi connectivity index (χ0) is 64.1. The Bertz CT molecular complexity index is 4890. The van der Waals surface area contributed by atoms with Crippen LogP contribution in [-0.4, -0.2) is 0 Å². The Labute approximate surface area is 550 Å². The topological polar surface area (TPSA) is 21.7 Å². The van der Waals surface area contributed by atoms with E-state index in [1.807, 2.05) is 0 Å².